The van der Waals surface area contributed by atoms with Crippen LogP contribution in [0, 0.1) is 12.7 Å². The first-order valence-electron chi connectivity index (χ1n) is 10.9. The van der Waals surface area contributed by atoms with E-state index in [4.69, 9.17) is 0 Å². The molecule has 0 radical (unpaired) electrons. The predicted molar refractivity (Wildman–Crippen MR) is 131 cm³/mol. The smallest absolute Gasteiger partial charge is 0.280 e. The largest absolute Gasteiger partial charge is 0.296 e. The van der Waals surface area contributed by atoms with Gasteiger partial charge in [0.2, 0.25) is 0 Å². The van der Waals surface area contributed by atoms with E-state index < -0.39 is 11.8 Å². The predicted octanol–water partition coefficient (Wildman–Crippen LogP) is 4.44. The molecule has 10 heteroatoms. The number of halogens is 1. The Morgan fingerprint density at radius 1 is 1.00 bits per heavy atom. The topological polar surface area (TPSA) is 93.1 Å². The van der Waals surface area contributed by atoms with Crippen molar-refractivity contribution in [1.29, 1.82) is 0 Å². The second kappa shape index (κ2) is 9.11. The van der Waals surface area contributed by atoms with Gasteiger partial charge in [-0.2, -0.15) is 0 Å². The van der Waals surface area contributed by atoms with E-state index in [1.807, 2.05) is 0 Å². The maximum Gasteiger partial charge on any atom is 0.280 e. The molecule has 0 aliphatic carbocycles. The number of nitrogens with one attached hydrogen (secondary N) is 2. The molecule has 34 heavy (non-hydrogen) atoms. The van der Waals surface area contributed by atoms with Crippen molar-refractivity contribution in [1.82, 2.24) is 20.4 Å². The number of thiophene rings is 2. The SMILES string of the molecule is Cc1c(C(=O)NNC(=O)c2ccc(-c3ccc(F)cc3)s2)sc2nc3n(c(=O)c12)CCCCC3. The molecule has 1 aromatic carbocycles. The molecule has 0 saturated heterocycles. The molecule has 2 amide bonds. The molecule has 1 aliphatic rings. The van der Waals surface area contributed by atoms with E-state index in [-0.39, 0.29) is 11.4 Å². The van der Waals surface area contributed by atoms with Crippen molar-refractivity contribution >= 4 is 44.7 Å². The van der Waals surface area contributed by atoms with Crippen LogP contribution in [0.1, 0.15) is 50.0 Å². The van der Waals surface area contributed by atoms with Crippen molar-refractivity contribution in [2.45, 2.75) is 39.2 Å². The Balaban J connectivity index is 1.33. The number of aryl methyl sites for hydroxylation is 2. The van der Waals surface area contributed by atoms with Gasteiger partial charge in [0.05, 0.1) is 15.1 Å². The number of hydrogen-bond donors (Lipinski definition) is 2. The van der Waals surface area contributed by atoms with Crippen molar-refractivity contribution < 1.29 is 14.0 Å². The minimum absolute atomic E-state index is 0.106. The van der Waals surface area contributed by atoms with Gasteiger partial charge in [-0.25, -0.2) is 9.37 Å². The Bertz CT molecular complexity index is 1470. The summed E-state index contributed by atoms with van der Waals surface area (Å²) in [6.45, 7) is 2.38. The number of benzene rings is 1. The van der Waals surface area contributed by atoms with Crippen LogP contribution in [0.15, 0.2) is 41.2 Å². The second-order valence-electron chi connectivity index (χ2n) is 8.11. The van der Waals surface area contributed by atoms with Crippen LogP contribution in [0.5, 0.6) is 0 Å². The number of carbonyl (C=O) groups is 2. The summed E-state index contributed by atoms with van der Waals surface area (Å²) in [5.74, 6) is -0.517. The van der Waals surface area contributed by atoms with Gasteiger partial charge in [-0.1, -0.05) is 18.6 Å². The minimum atomic E-state index is -0.497. The van der Waals surface area contributed by atoms with Crippen LogP contribution in [-0.2, 0) is 13.0 Å². The van der Waals surface area contributed by atoms with Crippen molar-refractivity contribution in [2.24, 2.45) is 0 Å². The Hall–Kier alpha value is -3.37. The van der Waals surface area contributed by atoms with Crippen LogP contribution in [-0.4, -0.2) is 21.4 Å². The van der Waals surface area contributed by atoms with Gasteiger partial charge in [0.25, 0.3) is 17.4 Å². The summed E-state index contributed by atoms with van der Waals surface area (Å²) in [7, 11) is 0. The van der Waals surface area contributed by atoms with Crippen LogP contribution >= 0.6 is 22.7 Å². The Labute approximate surface area is 202 Å². The van der Waals surface area contributed by atoms with E-state index in [1.165, 1.54) is 23.5 Å². The number of aromatic nitrogens is 2. The molecule has 174 valence electrons. The fraction of sp³-hybridized carbons (Fsp3) is 0.250. The van der Waals surface area contributed by atoms with Gasteiger partial charge < -0.3 is 0 Å². The number of hydrazine groups is 1. The lowest BCUT2D eigenvalue weighted by Crippen LogP contribution is -2.41. The normalized spacial score (nSPS) is 13.4. The molecular weight excluding hydrogens is 475 g/mol. The average molecular weight is 497 g/mol. The van der Waals surface area contributed by atoms with E-state index in [0.29, 0.717) is 32.1 Å². The standard InChI is InChI=1S/C24H21FN4O3S2/c1-13-19-23(26-18-5-3-2-4-12-29(18)24(19)32)34-20(13)22(31)28-27-21(30)17-11-10-16(33-17)14-6-8-15(25)9-7-14/h6-11H,2-5,12H2,1H3,(H,27,30)(H,28,31). The van der Waals surface area contributed by atoms with Gasteiger partial charge in [0, 0.05) is 17.8 Å². The highest BCUT2D eigenvalue weighted by Crippen LogP contribution is 2.29. The molecule has 0 bridgehead atoms. The number of hydrogen-bond acceptors (Lipinski definition) is 6. The summed E-state index contributed by atoms with van der Waals surface area (Å²) < 4.78 is 14.9. The lowest BCUT2D eigenvalue weighted by Gasteiger charge is -2.08. The van der Waals surface area contributed by atoms with E-state index >= 15 is 0 Å². The highest BCUT2D eigenvalue weighted by atomic mass is 32.1. The van der Waals surface area contributed by atoms with Gasteiger partial charge in [-0.05, 0) is 55.2 Å². The molecule has 0 spiro atoms. The highest BCUT2D eigenvalue weighted by Gasteiger charge is 2.23. The molecule has 5 rings (SSSR count). The zero-order chi connectivity index (χ0) is 23.8. The molecule has 4 heterocycles. The van der Waals surface area contributed by atoms with E-state index in [0.717, 1.165) is 53.3 Å². The molecular formula is C24H21FN4O3S2. The fourth-order valence-electron chi connectivity index (χ4n) is 4.09. The summed E-state index contributed by atoms with van der Waals surface area (Å²) in [4.78, 5) is 45.2. The van der Waals surface area contributed by atoms with Crippen LogP contribution in [0.2, 0.25) is 0 Å². The van der Waals surface area contributed by atoms with Crippen molar-refractivity contribution in [2.75, 3.05) is 0 Å². The molecule has 3 aromatic heterocycles. The third-order valence-electron chi connectivity index (χ3n) is 5.87. The molecule has 0 atom stereocenters. The van der Waals surface area contributed by atoms with E-state index in [2.05, 4.69) is 15.8 Å². The Morgan fingerprint density at radius 3 is 2.56 bits per heavy atom. The number of rotatable bonds is 3. The Kier molecular flexibility index (Phi) is 6.01. The molecule has 4 aromatic rings. The lowest BCUT2D eigenvalue weighted by atomic mass is 10.2. The van der Waals surface area contributed by atoms with Gasteiger partial charge in [-0.3, -0.25) is 29.8 Å². The van der Waals surface area contributed by atoms with Gasteiger partial charge in [0.1, 0.15) is 16.5 Å². The van der Waals surface area contributed by atoms with Crippen LogP contribution in [0.25, 0.3) is 20.7 Å². The lowest BCUT2D eigenvalue weighted by molar-refractivity contribution is 0.0851. The van der Waals surface area contributed by atoms with Crippen molar-refractivity contribution in [3.63, 3.8) is 0 Å². The zero-order valence-corrected chi connectivity index (χ0v) is 19.9. The third kappa shape index (κ3) is 4.14. The number of carbonyl (C=O) groups excluding carboxylic acids is 2. The highest BCUT2D eigenvalue weighted by molar-refractivity contribution is 7.20. The van der Waals surface area contributed by atoms with E-state index in [1.54, 1.807) is 35.8 Å². The van der Waals surface area contributed by atoms with Gasteiger partial charge >= 0.3 is 0 Å². The maximum absolute atomic E-state index is 13.1. The first-order chi connectivity index (χ1) is 16.4. The first kappa shape index (κ1) is 22.4. The number of nitrogens with zero attached hydrogens (tertiary/aromatic N) is 2. The monoisotopic (exact) mass is 496 g/mol. The van der Waals surface area contributed by atoms with Crippen LogP contribution < -0.4 is 16.4 Å². The van der Waals surface area contributed by atoms with Crippen LogP contribution in [0.3, 0.4) is 0 Å². The number of fused-ring (bicyclic) bond motifs is 2. The zero-order valence-electron chi connectivity index (χ0n) is 18.3. The van der Waals surface area contributed by atoms with Crippen molar-refractivity contribution in [3.05, 3.63) is 73.7 Å². The van der Waals surface area contributed by atoms with Crippen LogP contribution in [0.4, 0.5) is 4.39 Å². The molecule has 0 fully saturated rings. The number of amides is 2. The molecule has 0 unspecified atom stereocenters. The molecule has 2 N–H and O–H groups in total. The summed E-state index contributed by atoms with van der Waals surface area (Å²) in [6, 6.07) is 9.43. The fourth-order valence-corrected chi connectivity index (χ4v) is 6.08. The van der Waals surface area contributed by atoms with Crippen molar-refractivity contribution in [3.8, 4) is 10.4 Å². The quantitative estimate of drug-likeness (QED) is 0.410. The Morgan fingerprint density at radius 2 is 1.76 bits per heavy atom. The van der Waals surface area contributed by atoms with E-state index in [9.17, 15) is 18.8 Å². The summed E-state index contributed by atoms with van der Waals surface area (Å²) in [5, 5.41) is 0.467. The maximum atomic E-state index is 13.1. The third-order valence-corrected chi connectivity index (χ3v) is 8.18. The summed E-state index contributed by atoms with van der Waals surface area (Å²) in [6.07, 6.45) is 3.75. The van der Waals surface area contributed by atoms with Gasteiger partial charge in [-0.15, -0.1) is 22.7 Å². The summed E-state index contributed by atoms with van der Waals surface area (Å²) in [5.41, 5.74) is 6.14. The minimum Gasteiger partial charge on any atom is -0.296 e. The molecule has 0 saturated carbocycles. The molecule has 1 aliphatic heterocycles. The first-order valence-corrected chi connectivity index (χ1v) is 12.5. The molecule has 7 nitrogen and oxygen atoms in total. The average Bonchev–Trinajstić information content (AvgIpc) is 3.36. The van der Waals surface area contributed by atoms with Gasteiger partial charge in [0.15, 0.2) is 0 Å². The summed E-state index contributed by atoms with van der Waals surface area (Å²) >= 11 is 2.39. The second-order valence-corrected chi connectivity index (χ2v) is 10.2.